The van der Waals surface area contributed by atoms with E-state index in [-0.39, 0.29) is 22.9 Å². The fourth-order valence-electron chi connectivity index (χ4n) is 3.48. The topological polar surface area (TPSA) is 86.5 Å². The van der Waals surface area contributed by atoms with Crippen LogP contribution in [0.25, 0.3) is 0 Å². The van der Waals surface area contributed by atoms with E-state index in [2.05, 4.69) is 38.1 Å². The Balaban J connectivity index is 1.94. The number of hydrogen-bond acceptors (Lipinski definition) is 3. The fourth-order valence-corrected chi connectivity index (χ4v) is 3.48. The number of aromatic nitrogens is 1. The Hall–Kier alpha value is -2.50. The number of carbonyl (C=O) groups is 1. The molecule has 0 radical (unpaired) electrons. The Labute approximate surface area is 146 Å². The second kappa shape index (κ2) is 6.43. The first-order valence-electron chi connectivity index (χ1n) is 8.54. The highest BCUT2D eigenvalue weighted by Crippen LogP contribution is 2.40. The summed E-state index contributed by atoms with van der Waals surface area (Å²) in [4.78, 5) is 24.6. The first kappa shape index (κ1) is 17.3. The lowest BCUT2D eigenvalue weighted by atomic mass is 9.82. The summed E-state index contributed by atoms with van der Waals surface area (Å²) in [5, 5.41) is 11.9. The molecule has 6 heteroatoms. The number of aromatic amines is 1. The van der Waals surface area contributed by atoms with Crippen molar-refractivity contribution in [3.63, 3.8) is 0 Å². The van der Waals surface area contributed by atoms with Crippen molar-refractivity contribution in [2.45, 2.75) is 51.0 Å². The highest BCUT2D eigenvalue weighted by molar-refractivity contribution is 5.66. The average molecular weight is 344 g/mol. The Kier molecular flexibility index (Phi) is 4.45. The van der Waals surface area contributed by atoms with Crippen molar-refractivity contribution >= 4 is 6.09 Å². The molecule has 1 aliphatic rings. The van der Waals surface area contributed by atoms with Gasteiger partial charge in [-0.25, -0.2) is 4.79 Å². The van der Waals surface area contributed by atoms with Gasteiger partial charge in [-0.05, 0) is 29.4 Å². The van der Waals surface area contributed by atoms with E-state index < -0.39 is 6.09 Å². The summed E-state index contributed by atoms with van der Waals surface area (Å²) in [5.41, 5.74) is 1.89. The van der Waals surface area contributed by atoms with Crippen LogP contribution in [-0.4, -0.2) is 27.8 Å². The van der Waals surface area contributed by atoms with E-state index in [1.54, 1.807) is 0 Å². The summed E-state index contributed by atoms with van der Waals surface area (Å²) in [6.45, 7) is 6.83. The van der Waals surface area contributed by atoms with E-state index in [0.29, 0.717) is 25.1 Å². The molecule has 2 aromatic rings. The summed E-state index contributed by atoms with van der Waals surface area (Å²) in [5.74, 6) is 0.629. The van der Waals surface area contributed by atoms with Crippen molar-refractivity contribution in [2.75, 3.05) is 6.54 Å². The van der Waals surface area contributed by atoms with Gasteiger partial charge in [0.2, 0.25) is 0 Å². The molecule has 2 N–H and O–H groups in total. The lowest BCUT2D eigenvalue weighted by molar-refractivity contribution is 0.0967. The van der Waals surface area contributed by atoms with Crippen molar-refractivity contribution < 1.29 is 14.4 Å². The number of piperidine rings is 1. The van der Waals surface area contributed by atoms with Gasteiger partial charge in [-0.2, -0.15) is 5.16 Å². The molecule has 1 aliphatic heterocycles. The largest absolute Gasteiger partial charge is 0.465 e. The van der Waals surface area contributed by atoms with Gasteiger partial charge in [-0.15, -0.1) is 0 Å². The Bertz CT molecular complexity index is 815. The van der Waals surface area contributed by atoms with Crippen LogP contribution in [0.5, 0.6) is 0 Å². The van der Waals surface area contributed by atoms with Gasteiger partial charge in [0.25, 0.3) is 5.56 Å². The van der Waals surface area contributed by atoms with Crippen LogP contribution in [-0.2, 0) is 5.41 Å². The zero-order chi connectivity index (χ0) is 18.2. The maximum atomic E-state index is 11.7. The number of rotatable bonds is 2. The summed E-state index contributed by atoms with van der Waals surface area (Å²) >= 11 is 0. The second-order valence-electron chi connectivity index (χ2n) is 7.70. The normalized spacial score (nSPS) is 21.3. The molecule has 6 nitrogen and oxygen atoms in total. The van der Waals surface area contributed by atoms with Crippen LogP contribution in [0.3, 0.4) is 0 Å². The van der Waals surface area contributed by atoms with Gasteiger partial charge >= 0.3 is 6.09 Å². The molecular formula is C19H24N2O4. The molecule has 0 bridgehead atoms. The molecule has 25 heavy (non-hydrogen) atoms. The zero-order valence-corrected chi connectivity index (χ0v) is 14.8. The lowest BCUT2D eigenvalue weighted by Crippen LogP contribution is -2.39. The SMILES string of the molecule is CC(C)(C)c1cccc([C@H]2C[C@@H](c3cc(=O)[nH]o3)CCN2C(=O)O)c1. The molecule has 0 spiro atoms. The Morgan fingerprint density at radius 3 is 2.68 bits per heavy atom. The van der Waals surface area contributed by atoms with E-state index >= 15 is 0 Å². The van der Waals surface area contributed by atoms with Gasteiger partial charge in [-0.1, -0.05) is 45.0 Å². The number of H-pyrrole nitrogens is 1. The molecule has 1 aromatic carbocycles. The molecule has 0 saturated carbocycles. The summed E-state index contributed by atoms with van der Waals surface area (Å²) in [6, 6.07) is 9.33. The third kappa shape index (κ3) is 3.62. The minimum absolute atomic E-state index is 0.00837. The maximum absolute atomic E-state index is 11.7. The first-order valence-corrected chi connectivity index (χ1v) is 8.54. The molecule has 2 atom stereocenters. The van der Waals surface area contributed by atoms with Gasteiger partial charge < -0.3 is 14.5 Å². The monoisotopic (exact) mass is 344 g/mol. The fraction of sp³-hybridized carbons (Fsp3) is 0.474. The van der Waals surface area contributed by atoms with Gasteiger partial charge in [0.1, 0.15) is 5.76 Å². The number of benzene rings is 1. The molecule has 2 heterocycles. The highest BCUT2D eigenvalue weighted by atomic mass is 16.5. The predicted molar refractivity (Wildman–Crippen MR) is 93.9 cm³/mol. The van der Waals surface area contributed by atoms with Crippen LogP contribution < -0.4 is 5.56 Å². The number of nitrogens with zero attached hydrogens (tertiary/aromatic N) is 1. The number of likely N-dealkylation sites (tertiary alicyclic amines) is 1. The number of hydrogen-bond donors (Lipinski definition) is 2. The smallest absolute Gasteiger partial charge is 0.407 e. The number of carboxylic acid groups (broad SMARTS) is 1. The highest BCUT2D eigenvalue weighted by Gasteiger charge is 2.35. The number of nitrogens with one attached hydrogen (secondary N) is 1. The van der Waals surface area contributed by atoms with Crippen LogP contribution in [0.2, 0.25) is 0 Å². The molecule has 1 amide bonds. The van der Waals surface area contributed by atoms with Gasteiger partial charge in [0.05, 0.1) is 6.04 Å². The van der Waals surface area contributed by atoms with Crippen LogP contribution in [0.1, 0.15) is 62.5 Å². The molecule has 0 aliphatic carbocycles. The standard InChI is InChI=1S/C19H24N2O4/c1-19(2,3)14-6-4-5-12(9-14)15-10-13(7-8-21(15)18(23)24)16-11-17(22)20-25-16/h4-6,9,11,13,15H,7-8,10H2,1-3H3,(H,20,22)(H,23,24)/t13-,15+/m0/s1. The van der Waals surface area contributed by atoms with Gasteiger partial charge in [0, 0.05) is 18.5 Å². The summed E-state index contributed by atoms with van der Waals surface area (Å²) in [6.07, 6.45) is 0.323. The summed E-state index contributed by atoms with van der Waals surface area (Å²) in [7, 11) is 0. The molecule has 1 aromatic heterocycles. The van der Waals surface area contributed by atoms with E-state index in [4.69, 9.17) is 4.52 Å². The van der Waals surface area contributed by atoms with Crippen LogP contribution in [0, 0.1) is 0 Å². The third-order valence-electron chi connectivity index (χ3n) is 4.93. The summed E-state index contributed by atoms with van der Waals surface area (Å²) < 4.78 is 5.26. The number of amides is 1. The van der Waals surface area contributed by atoms with Crippen molar-refractivity contribution in [2.24, 2.45) is 0 Å². The lowest BCUT2D eigenvalue weighted by Gasteiger charge is -2.37. The van der Waals surface area contributed by atoms with Crippen molar-refractivity contribution in [1.82, 2.24) is 10.1 Å². The molecular weight excluding hydrogens is 320 g/mol. The quantitative estimate of drug-likeness (QED) is 0.866. The maximum Gasteiger partial charge on any atom is 0.407 e. The Morgan fingerprint density at radius 1 is 1.32 bits per heavy atom. The van der Waals surface area contributed by atoms with Crippen molar-refractivity contribution in [3.05, 3.63) is 57.6 Å². The molecule has 1 saturated heterocycles. The van der Waals surface area contributed by atoms with Crippen LogP contribution >= 0.6 is 0 Å². The van der Waals surface area contributed by atoms with Crippen molar-refractivity contribution in [3.8, 4) is 0 Å². The molecule has 134 valence electrons. The average Bonchev–Trinajstić information content (AvgIpc) is 3.00. The molecule has 3 rings (SSSR count). The van der Waals surface area contributed by atoms with E-state index in [9.17, 15) is 14.7 Å². The van der Waals surface area contributed by atoms with E-state index in [1.807, 2.05) is 12.1 Å². The van der Waals surface area contributed by atoms with Gasteiger partial charge in [0.15, 0.2) is 0 Å². The zero-order valence-electron chi connectivity index (χ0n) is 14.8. The Morgan fingerprint density at radius 2 is 2.08 bits per heavy atom. The third-order valence-corrected chi connectivity index (χ3v) is 4.93. The molecule has 1 fully saturated rings. The molecule has 0 unspecified atom stereocenters. The van der Waals surface area contributed by atoms with Gasteiger partial charge in [-0.3, -0.25) is 4.79 Å². The van der Waals surface area contributed by atoms with E-state index in [1.165, 1.54) is 16.5 Å². The van der Waals surface area contributed by atoms with Crippen LogP contribution in [0.15, 0.2) is 39.6 Å². The minimum Gasteiger partial charge on any atom is -0.465 e. The minimum atomic E-state index is -0.917. The van der Waals surface area contributed by atoms with Crippen LogP contribution in [0.4, 0.5) is 4.79 Å². The second-order valence-corrected chi connectivity index (χ2v) is 7.70. The van der Waals surface area contributed by atoms with Crippen molar-refractivity contribution in [1.29, 1.82) is 0 Å². The van der Waals surface area contributed by atoms with E-state index in [0.717, 1.165) is 5.56 Å². The predicted octanol–water partition coefficient (Wildman–Crippen LogP) is 3.86. The first-order chi connectivity index (χ1) is 11.8.